The second-order valence-corrected chi connectivity index (χ2v) is 4.38. The molecule has 0 bridgehead atoms. The predicted molar refractivity (Wildman–Crippen MR) is 49.5 cm³/mol. The van der Waals surface area contributed by atoms with Gasteiger partial charge in [0, 0.05) is 11.8 Å². The van der Waals surface area contributed by atoms with Gasteiger partial charge in [-0.3, -0.25) is 0 Å². The maximum atomic E-state index is 10.7. The van der Waals surface area contributed by atoms with Gasteiger partial charge in [0.15, 0.2) is 0 Å². The molecule has 0 fully saturated rings. The molecular weight excluding hydrogens is 247 g/mol. The molecule has 0 aliphatic heterocycles. The summed E-state index contributed by atoms with van der Waals surface area (Å²) in [5.74, 6) is -0.981. The largest absolute Gasteiger partial charge is 1.00 e. The molecular formula is C8H13KO5S. The Labute approximate surface area is 132 Å². The standard InChI is InChI=1S/C8H14O5S.K/c1-3-8(9)13-7(2)5-4-6-14(10,11)12;/h3,7H,1,4-6H2,2H3,(H,10,11,12);/q;+1/p-1. The molecule has 0 N–H and O–H groups in total. The number of carbonyl (C=O) groups excluding carboxylic acids is 1. The first-order valence-corrected chi connectivity index (χ1v) is 5.69. The molecule has 5 nitrogen and oxygen atoms in total. The maximum Gasteiger partial charge on any atom is 1.00 e. The van der Waals surface area contributed by atoms with Crippen molar-refractivity contribution in [2.24, 2.45) is 0 Å². The van der Waals surface area contributed by atoms with Gasteiger partial charge in [0.1, 0.15) is 0 Å². The molecule has 7 heteroatoms. The third-order valence-corrected chi connectivity index (χ3v) is 2.28. The summed E-state index contributed by atoms with van der Waals surface area (Å²) in [6.07, 6.45) is 1.17. The Balaban J connectivity index is 0. The minimum atomic E-state index is -4.16. The van der Waals surface area contributed by atoms with E-state index in [0.717, 1.165) is 6.08 Å². The van der Waals surface area contributed by atoms with Crippen molar-refractivity contribution in [2.75, 3.05) is 5.75 Å². The van der Waals surface area contributed by atoms with E-state index < -0.39 is 27.9 Å². The van der Waals surface area contributed by atoms with Crippen molar-refractivity contribution < 1.29 is 73.9 Å². The van der Waals surface area contributed by atoms with Crippen molar-refractivity contribution in [2.45, 2.75) is 25.9 Å². The Morgan fingerprint density at radius 1 is 1.60 bits per heavy atom. The fourth-order valence-electron chi connectivity index (χ4n) is 0.853. The van der Waals surface area contributed by atoms with Crippen LogP contribution >= 0.6 is 0 Å². The molecule has 0 saturated heterocycles. The van der Waals surface area contributed by atoms with Gasteiger partial charge in [-0.25, -0.2) is 13.2 Å². The summed E-state index contributed by atoms with van der Waals surface area (Å²) < 4.78 is 35.4. The van der Waals surface area contributed by atoms with Gasteiger partial charge in [0.25, 0.3) is 0 Å². The molecule has 15 heavy (non-hydrogen) atoms. The molecule has 0 aromatic heterocycles. The number of hydrogen-bond donors (Lipinski definition) is 0. The Hall–Kier alpha value is 0.756. The van der Waals surface area contributed by atoms with Crippen molar-refractivity contribution >= 4 is 16.1 Å². The van der Waals surface area contributed by atoms with Crippen LogP contribution in [-0.4, -0.2) is 30.8 Å². The fourth-order valence-corrected chi connectivity index (χ4v) is 1.37. The summed E-state index contributed by atoms with van der Waals surface area (Å²) in [4.78, 5) is 10.7. The van der Waals surface area contributed by atoms with Crippen LogP contribution < -0.4 is 51.4 Å². The van der Waals surface area contributed by atoms with E-state index in [1.54, 1.807) is 6.92 Å². The third kappa shape index (κ3) is 12.7. The van der Waals surface area contributed by atoms with E-state index >= 15 is 0 Å². The van der Waals surface area contributed by atoms with E-state index in [9.17, 15) is 17.8 Å². The van der Waals surface area contributed by atoms with Gasteiger partial charge in [0.05, 0.1) is 16.2 Å². The van der Waals surface area contributed by atoms with Crippen LogP contribution in [0, 0.1) is 0 Å². The summed E-state index contributed by atoms with van der Waals surface area (Å²) in [6.45, 7) is 4.84. The van der Waals surface area contributed by atoms with Crippen LogP contribution in [0.5, 0.6) is 0 Å². The quantitative estimate of drug-likeness (QED) is 0.227. The van der Waals surface area contributed by atoms with Crippen molar-refractivity contribution in [3.63, 3.8) is 0 Å². The Kier molecular flexibility index (Phi) is 10.7. The SMILES string of the molecule is C=CC(=O)OC(C)CCCS(=O)(=O)[O-].[K+]. The van der Waals surface area contributed by atoms with Gasteiger partial charge < -0.3 is 9.29 Å². The van der Waals surface area contributed by atoms with Crippen molar-refractivity contribution in [1.29, 1.82) is 0 Å². The second kappa shape index (κ2) is 8.86. The van der Waals surface area contributed by atoms with Crippen LogP contribution in [0.4, 0.5) is 0 Å². The van der Waals surface area contributed by atoms with Crippen LogP contribution in [-0.2, 0) is 19.6 Å². The topological polar surface area (TPSA) is 83.5 Å². The molecule has 0 aromatic rings. The molecule has 1 atom stereocenters. The number of carbonyl (C=O) groups is 1. The molecule has 0 spiro atoms. The monoisotopic (exact) mass is 260 g/mol. The van der Waals surface area contributed by atoms with E-state index in [1.807, 2.05) is 0 Å². The van der Waals surface area contributed by atoms with E-state index in [1.165, 1.54) is 0 Å². The van der Waals surface area contributed by atoms with Crippen LogP contribution in [0.2, 0.25) is 0 Å². The molecule has 82 valence electrons. The first-order chi connectivity index (χ1) is 6.35. The first kappa shape index (κ1) is 18.1. The molecule has 0 heterocycles. The minimum absolute atomic E-state index is 0. The normalized spacial score (nSPS) is 12.4. The molecule has 0 aromatic carbocycles. The Bertz CT molecular complexity index is 298. The fraction of sp³-hybridized carbons (Fsp3) is 0.625. The molecule has 0 saturated carbocycles. The first-order valence-electron chi connectivity index (χ1n) is 4.12. The van der Waals surface area contributed by atoms with E-state index in [2.05, 4.69) is 6.58 Å². The zero-order chi connectivity index (χ0) is 11.2. The van der Waals surface area contributed by atoms with Gasteiger partial charge in [-0.2, -0.15) is 0 Å². The minimum Gasteiger partial charge on any atom is -0.748 e. The molecule has 1 unspecified atom stereocenters. The molecule has 0 amide bonds. The third-order valence-electron chi connectivity index (χ3n) is 1.49. The molecule has 0 radical (unpaired) electrons. The summed E-state index contributed by atoms with van der Waals surface area (Å²) in [7, 11) is -4.16. The maximum absolute atomic E-state index is 10.7. The average Bonchev–Trinajstić information content (AvgIpc) is 2.01. The van der Waals surface area contributed by atoms with E-state index in [4.69, 9.17) is 4.74 Å². The van der Waals surface area contributed by atoms with Crippen molar-refractivity contribution in [3.8, 4) is 0 Å². The number of ether oxygens (including phenoxy) is 1. The van der Waals surface area contributed by atoms with Crippen LogP contribution in [0.15, 0.2) is 12.7 Å². The number of hydrogen-bond acceptors (Lipinski definition) is 5. The smallest absolute Gasteiger partial charge is 0.748 e. The number of rotatable bonds is 6. The van der Waals surface area contributed by atoms with Gasteiger partial charge in [-0.1, -0.05) is 6.58 Å². The van der Waals surface area contributed by atoms with Crippen LogP contribution in [0.25, 0.3) is 0 Å². The summed E-state index contributed by atoms with van der Waals surface area (Å²) in [5, 5.41) is 0. The van der Waals surface area contributed by atoms with Gasteiger partial charge in [0.2, 0.25) is 0 Å². The molecule has 0 rings (SSSR count). The Morgan fingerprint density at radius 3 is 2.53 bits per heavy atom. The zero-order valence-corrected chi connectivity index (χ0v) is 12.9. The Morgan fingerprint density at radius 2 is 2.13 bits per heavy atom. The molecule has 0 aliphatic carbocycles. The predicted octanol–water partition coefficient (Wildman–Crippen LogP) is -2.57. The van der Waals surface area contributed by atoms with Crippen LogP contribution in [0.3, 0.4) is 0 Å². The molecule has 0 aliphatic rings. The summed E-state index contributed by atoms with van der Waals surface area (Å²) in [6, 6.07) is 0. The van der Waals surface area contributed by atoms with Crippen LogP contribution in [0.1, 0.15) is 19.8 Å². The van der Waals surface area contributed by atoms with E-state index in [0.29, 0.717) is 6.42 Å². The second-order valence-electron chi connectivity index (χ2n) is 2.86. The summed E-state index contributed by atoms with van der Waals surface area (Å²) >= 11 is 0. The zero-order valence-electron chi connectivity index (χ0n) is 8.93. The van der Waals surface area contributed by atoms with Gasteiger partial charge >= 0.3 is 57.4 Å². The van der Waals surface area contributed by atoms with Gasteiger partial charge in [-0.05, 0) is 19.8 Å². The van der Waals surface area contributed by atoms with E-state index in [-0.39, 0.29) is 57.8 Å². The van der Waals surface area contributed by atoms with Crippen molar-refractivity contribution in [3.05, 3.63) is 12.7 Å². The summed E-state index contributed by atoms with van der Waals surface area (Å²) in [5.41, 5.74) is 0. The average molecular weight is 260 g/mol. The van der Waals surface area contributed by atoms with Crippen molar-refractivity contribution in [1.82, 2.24) is 0 Å². The van der Waals surface area contributed by atoms with Gasteiger partial charge in [-0.15, -0.1) is 0 Å². The number of esters is 1.